The first-order valence-electron chi connectivity index (χ1n) is 14.2. The zero-order chi connectivity index (χ0) is 26.2. The summed E-state index contributed by atoms with van der Waals surface area (Å²) < 4.78 is 7.39. The van der Waals surface area contributed by atoms with Crippen LogP contribution in [0, 0.1) is 6.92 Å². The predicted molar refractivity (Wildman–Crippen MR) is 147 cm³/mol. The lowest BCUT2D eigenvalue weighted by molar-refractivity contribution is -0.874. The van der Waals surface area contributed by atoms with E-state index in [0.29, 0.717) is 12.5 Å². The van der Waals surface area contributed by atoms with Crippen molar-refractivity contribution in [2.75, 3.05) is 38.1 Å². The molecule has 1 saturated heterocycles. The van der Waals surface area contributed by atoms with Crippen molar-refractivity contribution in [2.24, 2.45) is 0 Å². The van der Waals surface area contributed by atoms with Crippen molar-refractivity contribution in [2.45, 2.75) is 70.8 Å². The number of aromatic nitrogens is 3. The van der Waals surface area contributed by atoms with Crippen LogP contribution in [0.25, 0.3) is 10.9 Å². The van der Waals surface area contributed by atoms with Crippen molar-refractivity contribution in [1.29, 1.82) is 0 Å². The smallest absolute Gasteiger partial charge is 0.358 e. The molecule has 1 atom stereocenters. The Labute approximate surface area is 225 Å². The molecule has 0 amide bonds. The normalized spacial score (nSPS) is 16.9. The van der Waals surface area contributed by atoms with E-state index in [-0.39, 0.29) is 5.97 Å². The monoisotopic (exact) mass is 518 g/mol. The topological polar surface area (TPSA) is 80.5 Å². The molecular formula is C30H40N5O3+. The number of ether oxygens (including phenoxy) is 1. The molecular weight excluding hydrogens is 478 g/mol. The molecule has 0 spiro atoms. The fourth-order valence-electron chi connectivity index (χ4n) is 5.43. The second-order valence-electron chi connectivity index (χ2n) is 10.5. The van der Waals surface area contributed by atoms with Gasteiger partial charge in [-0.25, -0.2) is 9.78 Å². The number of hydrogen-bond acceptors (Lipinski definition) is 7. The molecule has 4 heterocycles. The van der Waals surface area contributed by atoms with Crippen molar-refractivity contribution >= 4 is 22.7 Å². The lowest BCUT2D eigenvalue weighted by Gasteiger charge is -2.25. The number of anilines is 1. The second kappa shape index (κ2) is 13.1. The molecule has 0 saturated carbocycles. The summed E-state index contributed by atoms with van der Waals surface area (Å²) in [6.45, 7) is 6.61. The van der Waals surface area contributed by atoms with E-state index in [1.165, 1.54) is 22.4 Å². The van der Waals surface area contributed by atoms with Crippen LogP contribution in [0.1, 0.15) is 61.9 Å². The summed E-state index contributed by atoms with van der Waals surface area (Å²) >= 11 is 0. The van der Waals surface area contributed by atoms with Crippen LogP contribution < -0.4 is 14.9 Å². The average molecular weight is 519 g/mol. The van der Waals surface area contributed by atoms with E-state index in [4.69, 9.17) is 14.6 Å². The van der Waals surface area contributed by atoms with E-state index < -0.39 is 0 Å². The Morgan fingerprint density at radius 1 is 1.16 bits per heavy atom. The van der Waals surface area contributed by atoms with E-state index >= 15 is 0 Å². The van der Waals surface area contributed by atoms with Crippen LogP contribution in [-0.4, -0.2) is 59.7 Å². The number of nitrogens with zero attached hydrogens (tertiary/aromatic N) is 4. The molecule has 2 aromatic heterocycles. The lowest BCUT2D eigenvalue weighted by atomic mass is 10.1. The minimum atomic E-state index is -0.237. The number of unbranched alkanes of at least 4 members (excludes halogenated alkanes) is 1. The van der Waals surface area contributed by atoms with E-state index in [1.54, 1.807) is 6.33 Å². The molecule has 5 rings (SSSR count). The summed E-state index contributed by atoms with van der Waals surface area (Å²) in [5.41, 5.74) is 4.27. The van der Waals surface area contributed by atoms with Gasteiger partial charge in [0.25, 0.3) is 0 Å². The third-order valence-electron chi connectivity index (χ3n) is 7.58. The third-order valence-corrected chi connectivity index (χ3v) is 7.58. The summed E-state index contributed by atoms with van der Waals surface area (Å²) in [4.78, 5) is 29.9. The van der Waals surface area contributed by atoms with E-state index in [1.807, 2.05) is 31.2 Å². The Balaban J connectivity index is 1.08. The third kappa shape index (κ3) is 7.05. The summed E-state index contributed by atoms with van der Waals surface area (Å²) in [7, 11) is 0. The van der Waals surface area contributed by atoms with Crippen LogP contribution in [0.3, 0.4) is 0 Å². The number of fused-ring (bicyclic) bond motifs is 2. The molecule has 0 radical (unpaired) electrons. The van der Waals surface area contributed by atoms with Crippen LogP contribution in [0.4, 0.5) is 5.82 Å². The van der Waals surface area contributed by atoms with Crippen molar-refractivity contribution in [3.8, 4) is 0 Å². The number of hydrogen-bond donors (Lipinski definition) is 1. The maximum atomic E-state index is 12.6. The Morgan fingerprint density at radius 2 is 2.05 bits per heavy atom. The molecule has 8 heteroatoms. The van der Waals surface area contributed by atoms with Gasteiger partial charge in [0.05, 0.1) is 17.9 Å². The highest BCUT2D eigenvalue weighted by Crippen LogP contribution is 2.20. The number of para-hydroxylation sites is 1. The average Bonchev–Trinajstić information content (AvgIpc) is 3.46. The fraction of sp³-hybridized carbons (Fsp3) is 0.533. The second-order valence-corrected chi connectivity index (χ2v) is 10.5. The largest absolute Gasteiger partial charge is 0.377 e. The summed E-state index contributed by atoms with van der Waals surface area (Å²) in [5, 5.41) is 4.41. The van der Waals surface area contributed by atoms with Crippen molar-refractivity contribution < 1.29 is 19.1 Å². The first kappa shape index (κ1) is 26.5. The van der Waals surface area contributed by atoms with Gasteiger partial charge in [0.1, 0.15) is 5.82 Å². The maximum absolute atomic E-state index is 12.6. The molecule has 1 aromatic carbocycles. The quantitative estimate of drug-likeness (QED) is 0.288. The highest BCUT2D eigenvalue weighted by Gasteiger charge is 2.20. The van der Waals surface area contributed by atoms with Gasteiger partial charge < -0.3 is 15.0 Å². The number of nitrogens with one attached hydrogen (secondary N) is 1. The van der Waals surface area contributed by atoms with E-state index in [0.717, 1.165) is 100 Å². The van der Waals surface area contributed by atoms with Gasteiger partial charge in [-0.1, -0.05) is 18.2 Å². The van der Waals surface area contributed by atoms with Gasteiger partial charge in [-0.15, -0.1) is 0 Å². The molecule has 1 N–H and O–H groups in total. The van der Waals surface area contributed by atoms with E-state index in [2.05, 4.69) is 27.3 Å². The molecule has 1 unspecified atom stereocenters. The molecule has 8 nitrogen and oxygen atoms in total. The van der Waals surface area contributed by atoms with Crippen molar-refractivity contribution in [3.05, 3.63) is 59.7 Å². The highest BCUT2D eigenvalue weighted by molar-refractivity contribution is 5.79. The van der Waals surface area contributed by atoms with Crippen LogP contribution in [-0.2, 0) is 22.4 Å². The van der Waals surface area contributed by atoms with Crippen molar-refractivity contribution in [3.63, 3.8) is 0 Å². The Hall–Kier alpha value is -3.10. The van der Waals surface area contributed by atoms with E-state index in [9.17, 15) is 4.79 Å². The Kier molecular flexibility index (Phi) is 9.15. The van der Waals surface area contributed by atoms with Gasteiger partial charge >= 0.3 is 12.3 Å². The highest BCUT2D eigenvalue weighted by atomic mass is 16.7. The zero-order valence-electron chi connectivity index (χ0n) is 22.5. The van der Waals surface area contributed by atoms with Crippen LogP contribution in [0.5, 0.6) is 0 Å². The zero-order valence-corrected chi connectivity index (χ0v) is 22.5. The molecule has 1 fully saturated rings. The molecule has 2 aliphatic heterocycles. The number of aryl methyl sites for hydroxylation is 3. The van der Waals surface area contributed by atoms with Gasteiger partial charge in [-0.2, -0.15) is 0 Å². The lowest BCUT2D eigenvalue weighted by Crippen LogP contribution is -2.48. The van der Waals surface area contributed by atoms with Gasteiger partial charge in [0, 0.05) is 32.3 Å². The minimum Gasteiger partial charge on any atom is -0.377 e. The minimum absolute atomic E-state index is 0.237. The number of carbonyl (C=O) groups excluding carboxylic acids is 1. The van der Waals surface area contributed by atoms with Crippen LogP contribution in [0.2, 0.25) is 0 Å². The SMILES string of the molecule is Cc1c2ccccc2nc[n+]1OC(=O)CCCN(CCCCc1ccc2c(n1)NCCC2)CC1CCCO1. The van der Waals surface area contributed by atoms with Gasteiger partial charge in [-0.05, 0) is 97.9 Å². The summed E-state index contributed by atoms with van der Waals surface area (Å²) in [6.07, 6.45) is 10.8. The van der Waals surface area contributed by atoms with Gasteiger partial charge in [0.15, 0.2) is 11.2 Å². The molecule has 38 heavy (non-hydrogen) atoms. The predicted octanol–water partition coefficient (Wildman–Crippen LogP) is 3.82. The Morgan fingerprint density at radius 3 is 2.95 bits per heavy atom. The first-order valence-corrected chi connectivity index (χ1v) is 14.2. The molecule has 2 aliphatic rings. The standard InChI is InChI=1S/C30H40N5O3/c1-23-27-12-2-3-13-28(27)32-22-35(23)38-29(36)14-7-19-34(21-26-11-8-20-37-26)18-5-4-10-25-16-15-24-9-6-17-31-30(24)33-25/h2-3,12-13,15-16,22,26H,4-11,14,17-21H2,1H3,(H,31,33)/q+1. The first-order chi connectivity index (χ1) is 18.7. The number of carbonyl (C=O) groups is 1. The summed E-state index contributed by atoms with van der Waals surface area (Å²) in [5.74, 6) is 0.841. The molecule has 0 bridgehead atoms. The summed E-state index contributed by atoms with van der Waals surface area (Å²) in [6, 6.07) is 12.3. The fourth-order valence-corrected chi connectivity index (χ4v) is 5.43. The van der Waals surface area contributed by atoms with Gasteiger partial charge in [-0.3, -0.25) is 4.84 Å². The maximum Gasteiger partial charge on any atom is 0.358 e. The van der Waals surface area contributed by atoms with Crippen LogP contribution in [0.15, 0.2) is 42.7 Å². The number of rotatable bonds is 12. The van der Waals surface area contributed by atoms with Crippen LogP contribution >= 0.6 is 0 Å². The molecule has 3 aromatic rings. The molecule has 202 valence electrons. The number of benzene rings is 1. The Bertz CT molecular complexity index is 1230. The molecule has 0 aliphatic carbocycles. The number of pyridine rings is 1. The van der Waals surface area contributed by atoms with Crippen molar-refractivity contribution in [1.82, 2.24) is 14.9 Å². The van der Waals surface area contributed by atoms with Gasteiger partial charge in [0.2, 0.25) is 0 Å².